The van der Waals surface area contributed by atoms with Crippen molar-refractivity contribution in [3.05, 3.63) is 178 Å². The van der Waals surface area contributed by atoms with Crippen LogP contribution in [0.1, 0.15) is 129 Å². The van der Waals surface area contributed by atoms with Gasteiger partial charge in [0.2, 0.25) is 0 Å². The molecule has 12 heteroatoms. The third-order valence-electron chi connectivity index (χ3n) is 13.7. The Balaban J connectivity index is 1.71. The second-order valence-electron chi connectivity index (χ2n) is 23.6. The largest absolute Gasteiger partial charge is 0.598 e. The van der Waals surface area contributed by atoms with Crippen molar-refractivity contribution in [2.45, 2.75) is 130 Å². The van der Waals surface area contributed by atoms with E-state index in [9.17, 15) is 26.3 Å². The van der Waals surface area contributed by atoms with Crippen LogP contribution >= 0.6 is 0 Å². The SMILES string of the molecule is CO[C@@H]1C=CC=CC1(C)/C(=C1/N=C(c2ccc(C(C)(C)C)cc2)C=C1c1ccc(C(C)(C)C)cc1)c1c(-c2ccc(C(C)(C)C)cc2)cc(-c2ccc(C(C)(C)C)cc2)n1B(OCC(F)(F)F)OCC(F)(F)F. The molecule has 0 N–H and O–H groups in total. The predicted molar refractivity (Wildman–Crippen MR) is 287 cm³/mol. The first kappa shape index (κ1) is 55.1. The van der Waals surface area contributed by atoms with Gasteiger partial charge in [0.05, 0.1) is 17.5 Å². The fourth-order valence-electron chi connectivity index (χ4n) is 9.41. The average molecular weight is 1000 g/mol. The zero-order valence-electron chi connectivity index (χ0n) is 44.7. The van der Waals surface area contributed by atoms with Crippen molar-refractivity contribution in [1.29, 1.82) is 0 Å². The van der Waals surface area contributed by atoms with Gasteiger partial charge >= 0.3 is 19.6 Å². The van der Waals surface area contributed by atoms with Crippen molar-refractivity contribution in [3.8, 4) is 22.4 Å². The molecule has 386 valence electrons. The minimum absolute atomic E-state index is 0.134. The van der Waals surface area contributed by atoms with Crippen molar-refractivity contribution in [2.24, 2.45) is 10.4 Å². The van der Waals surface area contributed by atoms with Crippen molar-refractivity contribution in [2.75, 3.05) is 20.3 Å². The van der Waals surface area contributed by atoms with Gasteiger partial charge in [-0.1, -0.05) is 204 Å². The highest BCUT2D eigenvalue weighted by atomic mass is 19.4. The van der Waals surface area contributed by atoms with E-state index < -0.39 is 44.3 Å². The maximum Gasteiger partial charge on any atom is 0.598 e. The molecule has 1 aromatic heterocycles. The number of halogens is 6. The van der Waals surface area contributed by atoms with Gasteiger partial charge in [0.1, 0.15) is 13.2 Å². The van der Waals surface area contributed by atoms with E-state index in [0.29, 0.717) is 39.2 Å². The normalized spacial score (nSPS) is 18.5. The van der Waals surface area contributed by atoms with Gasteiger partial charge in [-0.05, 0) is 79.7 Å². The number of methoxy groups -OCH3 is 1. The molecule has 0 amide bonds. The van der Waals surface area contributed by atoms with Crippen LogP contribution in [0.5, 0.6) is 0 Å². The molecule has 2 heterocycles. The summed E-state index contributed by atoms with van der Waals surface area (Å²) in [6.07, 6.45) is -1.01. The Kier molecular flexibility index (Phi) is 15.2. The van der Waals surface area contributed by atoms with E-state index in [0.717, 1.165) is 33.4 Å². The van der Waals surface area contributed by atoms with E-state index in [1.165, 1.54) is 4.48 Å². The molecule has 7 rings (SSSR count). The summed E-state index contributed by atoms with van der Waals surface area (Å²) in [5.74, 6) is 0. The Bertz CT molecular complexity index is 2910. The first-order valence-corrected chi connectivity index (χ1v) is 24.8. The Hall–Kier alpha value is -5.69. The highest BCUT2D eigenvalue weighted by molar-refractivity contribution is 6.44. The Morgan fingerprint density at radius 3 is 1.40 bits per heavy atom. The fraction of sp³-hybridized carbons (Fsp3) is 0.393. The van der Waals surface area contributed by atoms with Crippen molar-refractivity contribution < 1.29 is 40.4 Å². The van der Waals surface area contributed by atoms with Crippen LogP contribution in [-0.4, -0.2) is 56.2 Å². The molecule has 0 spiro atoms. The number of benzene rings is 4. The molecular weight excluding hydrogens is 933 g/mol. The third kappa shape index (κ3) is 12.5. The van der Waals surface area contributed by atoms with E-state index in [1.54, 1.807) is 7.11 Å². The van der Waals surface area contributed by atoms with E-state index >= 15 is 0 Å². The maximum absolute atomic E-state index is 14.5. The topological polar surface area (TPSA) is 45.0 Å². The number of hydrogen-bond acceptors (Lipinski definition) is 4. The van der Waals surface area contributed by atoms with E-state index in [-0.39, 0.29) is 33.0 Å². The Morgan fingerprint density at radius 1 is 0.575 bits per heavy atom. The molecule has 0 radical (unpaired) electrons. The van der Waals surface area contributed by atoms with Gasteiger partial charge in [-0.3, -0.25) is 0 Å². The quantitative estimate of drug-likeness (QED) is 0.0924. The molecule has 0 bridgehead atoms. The number of allylic oxidation sites excluding steroid dienone is 4. The molecule has 2 aliphatic rings. The molecule has 73 heavy (non-hydrogen) atoms. The molecule has 1 unspecified atom stereocenters. The summed E-state index contributed by atoms with van der Waals surface area (Å²) in [5.41, 5.74) is 8.09. The van der Waals surface area contributed by atoms with Gasteiger partial charge in [-0.2, -0.15) is 26.3 Å². The van der Waals surface area contributed by atoms with Gasteiger partial charge in [-0.15, -0.1) is 0 Å². The zero-order valence-corrected chi connectivity index (χ0v) is 44.7. The lowest BCUT2D eigenvalue weighted by atomic mass is 9.70. The molecule has 5 aromatic rings. The first-order chi connectivity index (χ1) is 33.8. The predicted octanol–water partition coefficient (Wildman–Crippen LogP) is 16.4. The van der Waals surface area contributed by atoms with Gasteiger partial charge in [-0.25, -0.2) is 4.99 Å². The van der Waals surface area contributed by atoms with Crippen LogP contribution in [0.3, 0.4) is 0 Å². The standard InChI is InChI=1S/C61H69BF6N2O3/c1-55(2,3)43-26-18-39(19-27-43)47-35-49(41-22-30-45(31-23-41)57(7,8)9)69-53(47)52(59(13)34-16-15-17-51(59)71-14)54-48(40-20-28-44(29-21-40)56(4,5)6)36-50(42-24-32-46(33-25-42)58(10,11)12)70(54)62(72-37-60(63,64)65)73-38-61(66,67)68/h15-36,51H,37-38H2,1-14H3/b53-52+/t51-,59?/m1/s1. The maximum atomic E-state index is 14.5. The molecule has 2 atom stereocenters. The highest BCUT2D eigenvalue weighted by Crippen LogP contribution is 2.53. The molecule has 4 aromatic carbocycles. The summed E-state index contributed by atoms with van der Waals surface area (Å²) < 4.78 is 106. The summed E-state index contributed by atoms with van der Waals surface area (Å²) in [5, 5.41) is 0. The lowest BCUT2D eigenvalue weighted by Crippen LogP contribution is -2.41. The summed E-state index contributed by atoms with van der Waals surface area (Å²) in [6.45, 7) is 23.4. The number of ether oxygens (including phenoxy) is 1. The van der Waals surface area contributed by atoms with Gasteiger partial charge < -0.3 is 18.5 Å². The highest BCUT2D eigenvalue weighted by Gasteiger charge is 2.46. The number of rotatable bonds is 12. The van der Waals surface area contributed by atoms with Crippen LogP contribution in [0.25, 0.3) is 33.5 Å². The van der Waals surface area contributed by atoms with E-state index in [2.05, 4.69) is 107 Å². The second-order valence-corrected chi connectivity index (χ2v) is 23.6. The van der Waals surface area contributed by atoms with Crippen molar-refractivity contribution in [3.63, 3.8) is 0 Å². The zero-order chi connectivity index (χ0) is 53.7. The van der Waals surface area contributed by atoms with Crippen molar-refractivity contribution >= 4 is 24.1 Å². The number of nitrogens with zero attached hydrogens (tertiary/aromatic N) is 2. The minimum Gasteiger partial charge on any atom is -0.382 e. The minimum atomic E-state index is -4.94. The van der Waals surface area contributed by atoms with Crippen LogP contribution in [-0.2, 0) is 35.7 Å². The lowest BCUT2D eigenvalue weighted by molar-refractivity contribution is -0.169. The van der Waals surface area contributed by atoms with Gasteiger partial charge in [0.25, 0.3) is 0 Å². The molecule has 0 saturated carbocycles. The lowest BCUT2D eigenvalue weighted by Gasteiger charge is -2.39. The van der Waals surface area contributed by atoms with E-state index in [1.807, 2.05) is 116 Å². The number of alkyl halides is 6. The number of hydrogen-bond donors (Lipinski definition) is 0. The van der Waals surface area contributed by atoms with Crippen LogP contribution < -0.4 is 0 Å². The van der Waals surface area contributed by atoms with Crippen LogP contribution in [0, 0.1) is 5.41 Å². The summed E-state index contributed by atoms with van der Waals surface area (Å²) >= 11 is 0. The summed E-state index contributed by atoms with van der Waals surface area (Å²) in [7, 11) is -0.693. The smallest absolute Gasteiger partial charge is 0.382 e. The summed E-state index contributed by atoms with van der Waals surface area (Å²) in [6, 6.07) is 33.6. The van der Waals surface area contributed by atoms with Gasteiger partial charge in [0.15, 0.2) is 0 Å². The Morgan fingerprint density at radius 2 is 0.986 bits per heavy atom. The molecule has 1 aliphatic heterocycles. The number of aromatic nitrogens is 1. The third-order valence-corrected chi connectivity index (χ3v) is 13.7. The molecule has 5 nitrogen and oxygen atoms in total. The molecule has 0 saturated heterocycles. The van der Waals surface area contributed by atoms with Crippen LogP contribution in [0.15, 0.2) is 144 Å². The summed E-state index contributed by atoms with van der Waals surface area (Å²) in [4.78, 5) is 5.55. The van der Waals surface area contributed by atoms with Crippen LogP contribution in [0.4, 0.5) is 26.3 Å². The monoisotopic (exact) mass is 1000 g/mol. The van der Waals surface area contributed by atoms with Crippen LogP contribution in [0.2, 0.25) is 0 Å². The fourth-order valence-corrected chi connectivity index (χ4v) is 9.41. The Labute approximate surface area is 428 Å². The van der Waals surface area contributed by atoms with Gasteiger partial charge in [0, 0.05) is 46.2 Å². The average Bonchev–Trinajstić information content (AvgIpc) is 3.91. The van der Waals surface area contributed by atoms with Crippen molar-refractivity contribution in [1.82, 2.24) is 4.48 Å². The number of aliphatic imine (C=N–C) groups is 1. The molecule has 0 fully saturated rings. The first-order valence-electron chi connectivity index (χ1n) is 24.8. The second kappa shape index (κ2) is 20.2. The molecular formula is C61H69BF6N2O3. The van der Waals surface area contributed by atoms with E-state index in [4.69, 9.17) is 19.0 Å². The molecule has 1 aliphatic carbocycles.